The van der Waals surface area contributed by atoms with E-state index in [0.717, 1.165) is 19.4 Å². The van der Waals surface area contributed by atoms with Gasteiger partial charge < -0.3 is 77.8 Å². The van der Waals surface area contributed by atoms with Gasteiger partial charge >= 0.3 is 0 Å². The molecule has 1 saturated carbocycles. The highest BCUT2D eigenvalue weighted by molar-refractivity contribution is 5.80. The Labute approximate surface area is 258 Å². The largest absolute Gasteiger partial charge is 0.467 e. The van der Waals surface area contributed by atoms with Crippen LogP contribution in [-0.2, 0) is 23.7 Å². The number of nitrogens with two attached hydrogens (primary N) is 3. The molecule has 0 spiro atoms. The summed E-state index contributed by atoms with van der Waals surface area (Å²) in [6, 6.07) is -2.40. The maximum Gasteiger partial charge on any atom is 0.249 e. The van der Waals surface area contributed by atoms with Crippen LogP contribution in [-0.4, -0.2) is 145 Å². The number of ether oxygens (including phenoxy) is 4. The molecule has 16 nitrogen and oxygen atoms in total. The maximum atomic E-state index is 12.8. The van der Waals surface area contributed by atoms with Gasteiger partial charge in [0, 0.05) is 18.6 Å². The molecule has 0 bridgehead atoms. The number of amides is 1. The lowest BCUT2D eigenvalue weighted by Gasteiger charge is -2.49. The Kier molecular flexibility index (Phi) is 12.7. The zero-order chi connectivity index (χ0) is 32.0. The number of hydrogen-bond acceptors (Lipinski definition) is 15. The molecule has 0 aromatic carbocycles. The Morgan fingerprint density at radius 1 is 1.20 bits per heavy atom. The van der Waals surface area contributed by atoms with Gasteiger partial charge in [0.05, 0.1) is 31.3 Å². The fourth-order valence-electron chi connectivity index (χ4n) is 6.49. The van der Waals surface area contributed by atoms with Crippen LogP contribution in [0.1, 0.15) is 39.0 Å². The van der Waals surface area contributed by atoms with Gasteiger partial charge in [-0.25, -0.2) is 0 Å². The quantitative estimate of drug-likeness (QED) is 0.0914. The third-order valence-corrected chi connectivity index (χ3v) is 9.00. The highest BCUT2D eigenvalue weighted by Crippen LogP contribution is 2.32. The molecule has 0 radical (unpaired) electrons. The molecule has 16 heteroatoms. The molecule has 0 aromatic rings. The van der Waals surface area contributed by atoms with Crippen LogP contribution in [0.5, 0.6) is 0 Å². The van der Waals surface area contributed by atoms with E-state index in [4.69, 9.17) is 36.1 Å². The molecule has 3 aliphatic heterocycles. The summed E-state index contributed by atoms with van der Waals surface area (Å²) in [4.78, 5) is 12.8. The number of aliphatic hydroxyl groups excluding tert-OH is 3. The normalized spacial score (nSPS) is 41.9. The van der Waals surface area contributed by atoms with Crippen molar-refractivity contribution >= 4 is 5.91 Å². The number of carbonyl (C=O) groups is 1. The summed E-state index contributed by atoms with van der Waals surface area (Å²) < 4.78 is 24.3. The van der Waals surface area contributed by atoms with Gasteiger partial charge in [0.1, 0.15) is 41.9 Å². The van der Waals surface area contributed by atoms with Crippen LogP contribution >= 0.6 is 0 Å². The number of likely N-dealkylation sites (N-methyl/N-ethyl adjacent to an activating group) is 1. The van der Waals surface area contributed by atoms with Crippen LogP contribution in [0.2, 0.25) is 0 Å². The van der Waals surface area contributed by atoms with E-state index in [0.29, 0.717) is 24.8 Å². The maximum absolute atomic E-state index is 12.8. The van der Waals surface area contributed by atoms with Crippen molar-refractivity contribution in [3.05, 3.63) is 11.8 Å². The molecule has 3 heterocycles. The third kappa shape index (κ3) is 8.44. The molecule has 4 rings (SSSR count). The first-order valence-electron chi connectivity index (χ1n) is 15.6. The zero-order valence-electron chi connectivity index (χ0n) is 25.6. The van der Waals surface area contributed by atoms with Crippen LogP contribution in [0.15, 0.2) is 11.8 Å². The van der Waals surface area contributed by atoms with Crippen molar-refractivity contribution < 1.29 is 44.2 Å². The summed E-state index contributed by atoms with van der Waals surface area (Å²) in [6.45, 7) is 3.31. The van der Waals surface area contributed by atoms with Gasteiger partial charge in [-0.05, 0) is 65.2 Å². The van der Waals surface area contributed by atoms with E-state index in [1.165, 1.54) is 6.92 Å². The Balaban J connectivity index is 1.53. The number of hydrogen-bond donors (Lipinski definition) is 11. The first kappa shape index (κ1) is 35.3. The fourth-order valence-corrected chi connectivity index (χ4v) is 6.49. The molecule has 4 aliphatic rings. The molecular weight excluding hydrogens is 578 g/mol. The highest BCUT2D eigenvalue weighted by atomic mass is 16.7. The second-order valence-corrected chi connectivity index (χ2v) is 12.5. The molecule has 254 valence electrons. The Morgan fingerprint density at radius 3 is 2.61 bits per heavy atom. The second-order valence-electron chi connectivity index (χ2n) is 12.5. The van der Waals surface area contributed by atoms with E-state index in [1.807, 2.05) is 6.08 Å². The summed E-state index contributed by atoms with van der Waals surface area (Å²) in [6.07, 6.45) is -3.62. The van der Waals surface area contributed by atoms with E-state index in [9.17, 15) is 25.2 Å². The second kappa shape index (κ2) is 15.9. The fraction of sp³-hybridized carbons (Fsp3) is 0.893. The molecule has 2 saturated heterocycles. The van der Waals surface area contributed by atoms with E-state index >= 15 is 0 Å². The van der Waals surface area contributed by atoms with Gasteiger partial charge in [0.2, 0.25) is 12.2 Å². The first-order chi connectivity index (χ1) is 21.0. The summed E-state index contributed by atoms with van der Waals surface area (Å²) in [5, 5.41) is 56.2. The van der Waals surface area contributed by atoms with Crippen LogP contribution < -0.4 is 38.5 Å². The number of carbonyl (C=O) groups excluding carboxylic acids is 1. The summed E-state index contributed by atoms with van der Waals surface area (Å²) >= 11 is 0. The van der Waals surface area contributed by atoms with E-state index in [2.05, 4.69) is 21.3 Å². The Morgan fingerprint density at radius 2 is 1.95 bits per heavy atom. The third-order valence-electron chi connectivity index (χ3n) is 9.00. The number of rotatable bonds is 13. The number of nitrogens with one attached hydrogen (secondary N) is 4. The highest BCUT2D eigenvalue weighted by Gasteiger charge is 2.52. The van der Waals surface area contributed by atoms with Gasteiger partial charge in [-0.1, -0.05) is 0 Å². The topological polar surface area (TPSA) is 261 Å². The molecule has 1 unspecified atom stereocenters. The lowest BCUT2D eigenvalue weighted by Crippen LogP contribution is -2.69. The SMILES string of the molecule is CN[C@@H]1[C@@H](O)[C@@H](O[C@@H]2[C@@H](O)[C@H](O[C@H]3OC(CN)=CC[C@H]3NCC3CCCN3)[C@@H](N)C[C@H]2NC(=O)[C@@H](O)CCN)OC[C@]1(C)O. The number of aliphatic hydroxyl groups is 4. The average molecular weight is 632 g/mol. The molecule has 3 fully saturated rings. The van der Waals surface area contributed by atoms with Crippen molar-refractivity contribution in [1.82, 2.24) is 21.3 Å². The van der Waals surface area contributed by atoms with Crippen LogP contribution in [0, 0.1) is 0 Å². The van der Waals surface area contributed by atoms with E-state index in [-0.39, 0.29) is 38.6 Å². The Bertz CT molecular complexity index is 956. The molecule has 1 amide bonds. The molecular formula is C28H53N7O9. The lowest BCUT2D eigenvalue weighted by molar-refractivity contribution is -0.304. The standard InChI is InChI=1S/C28H53N7O9/c1-28(40)13-41-27(21(38)24(28)32-2)44-23-18(35-25(39)19(36)7-8-29)10-16(31)22(20(23)37)43-26-17(6-5-15(11-30)42-26)34-12-14-4-3-9-33-14/h5,14,16-24,26-27,32-34,36-38,40H,3-4,6-13,29-31H2,1-2H3,(H,35,39)/t14?,16-,17+,18+,19-,20-,21+,22+,23-,24+,26+,27+,28-/m0/s1. The smallest absolute Gasteiger partial charge is 0.249 e. The van der Waals surface area contributed by atoms with Gasteiger partial charge in [0.15, 0.2) is 6.29 Å². The minimum atomic E-state index is -1.42. The van der Waals surface area contributed by atoms with Crippen molar-refractivity contribution in [2.24, 2.45) is 17.2 Å². The van der Waals surface area contributed by atoms with Crippen molar-refractivity contribution in [3.8, 4) is 0 Å². The van der Waals surface area contributed by atoms with Crippen molar-refractivity contribution in [2.45, 2.75) is 118 Å². The molecule has 0 aromatic heterocycles. The summed E-state index contributed by atoms with van der Waals surface area (Å²) in [7, 11) is 1.59. The predicted octanol–water partition coefficient (Wildman–Crippen LogP) is -4.60. The van der Waals surface area contributed by atoms with Crippen molar-refractivity contribution in [2.75, 3.05) is 39.8 Å². The zero-order valence-corrected chi connectivity index (χ0v) is 25.6. The molecule has 44 heavy (non-hydrogen) atoms. The minimum Gasteiger partial charge on any atom is -0.467 e. The van der Waals surface area contributed by atoms with Crippen molar-refractivity contribution in [3.63, 3.8) is 0 Å². The first-order valence-corrected chi connectivity index (χ1v) is 15.6. The van der Waals surface area contributed by atoms with Crippen LogP contribution in [0.25, 0.3) is 0 Å². The average Bonchev–Trinajstić information content (AvgIpc) is 3.51. The van der Waals surface area contributed by atoms with E-state index in [1.54, 1.807) is 7.05 Å². The monoisotopic (exact) mass is 631 g/mol. The Hall–Kier alpha value is -1.51. The minimum absolute atomic E-state index is 0.0363. The van der Waals surface area contributed by atoms with Gasteiger partial charge in [-0.15, -0.1) is 0 Å². The van der Waals surface area contributed by atoms with Crippen LogP contribution in [0.4, 0.5) is 0 Å². The summed E-state index contributed by atoms with van der Waals surface area (Å²) in [5.74, 6) is -0.145. The molecule has 1 aliphatic carbocycles. The van der Waals surface area contributed by atoms with E-state index < -0.39 is 72.7 Å². The summed E-state index contributed by atoms with van der Waals surface area (Å²) in [5.41, 5.74) is 16.5. The lowest BCUT2D eigenvalue weighted by atomic mass is 9.83. The van der Waals surface area contributed by atoms with Crippen LogP contribution in [0.3, 0.4) is 0 Å². The van der Waals surface area contributed by atoms with Gasteiger partial charge in [-0.3, -0.25) is 4.79 Å². The molecule has 13 atom stereocenters. The van der Waals surface area contributed by atoms with Crippen molar-refractivity contribution in [1.29, 1.82) is 0 Å². The van der Waals surface area contributed by atoms with Gasteiger partial charge in [-0.2, -0.15) is 0 Å². The predicted molar refractivity (Wildman–Crippen MR) is 159 cm³/mol. The van der Waals surface area contributed by atoms with Gasteiger partial charge in [0.25, 0.3) is 0 Å². The molecule has 14 N–H and O–H groups in total.